The van der Waals surface area contributed by atoms with E-state index in [1.165, 1.54) is 12.1 Å². The van der Waals surface area contributed by atoms with Crippen LogP contribution in [0.3, 0.4) is 0 Å². The van der Waals surface area contributed by atoms with Gasteiger partial charge >= 0.3 is 0 Å². The van der Waals surface area contributed by atoms with Gasteiger partial charge in [-0.2, -0.15) is 0 Å². The van der Waals surface area contributed by atoms with Crippen LogP contribution in [-0.2, 0) is 13.0 Å². The Balaban J connectivity index is 2.13. The van der Waals surface area contributed by atoms with E-state index in [1.807, 2.05) is 7.05 Å². The Labute approximate surface area is 97.9 Å². The fourth-order valence-corrected chi connectivity index (χ4v) is 1.68. The van der Waals surface area contributed by atoms with Crippen molar-refractivity contribution in [2.75, 3.05) is 7.05 Å². The molecule has 0 aliphatic carbocycles. The lowest BCUT2D eigenvalue weighted by Gasteiger charge is -2.00. The summed E-state index contributed by atoms with van der Waals surface area (Å²) < 4.78 is 26.0. The lowest BCUT2D eigenvalue weighted by molar-refractivity contribution is 0.580. The van der Waals surface area contributed by atoms with Crippen LogP contribution >= 0.6 is 0 Å². The molecule has 2 N–H and O–H groups in total. The second-order valence-electron chi connectivity index (χ2n) is 3.84. The molecule has 1 heterocycles. The number of H-pyrrole nitrogens is 1. The van der Waals surface area contributed by atoms with Gasteiger partial charge in [-0.25, -0.2) is 13.8 Å². The zero-order valence-corrected chi connectivity index (χ0v) is 9.43. The van der Waals surface area contributed by atoms with E-state index in [2.05, 4.69) is 15.3 Å². The van der Waals surface area contributed by atoms with Crippen LogP contribution in [-0.4, -0.2) is 17.0 Å². The third-order valence-corrected chi connectivity index (χ3v) is 2.34. The number of aromatic amines is 1. The molecule has 1 aromatic heterocycles. The van der Waals surface area contributed by atoms with Crippen molar-refractivity contribution in [2.24, 2.45) is 0 Å². The monoisotopic (exact) mass is 237 g/mol. The van der Waals surface area contributed by atoms with Gasteiger partial charge in [0.1, 0.15) is 17.5 Å². The molecule has 0 bridgehead atoms. The van der Waals surface area contributed by atoms with Crippen LogP contribution in [0.15, 0.2) is 24.4 Å². The van der Waals surface area contributed by atoms with Crippen molar-refractivity contribution < 1.29 is 8.78 Å². The van der Waals surface area contributed by atoms with Crippen molar-refractivity contribution in [1.29, 1.82) is 0 Å². The van der Waals surface area contributed by atoms with Crippen LogP contribution in [0.2, 0.25) is 0 Å². The summed E-state index contributed by atoms with van der Waals surface area (Å²) in [6.07, 6.45) is 2.10. The molecule has 0 aliphatic heterocycles. The molecule has 2 rings (SSSR count). The second kappa shape index (κ2) is 5.05. The van der Waals surface area contributed by atoms with Crippen molar-refractivity contribution in [1.82, 2.24) is 15.3 Å². The number of benzene rings is 1. The smallest absolute Gasteiger partial charge is 0.126 e. The molecule has 1 aromatic carbocycles. The number of nitrogens with one attached hydrogen (secondary N) is 2. The first kappa shape index (κ1) is 11.7. The molecule has 5 heteroatoms. The quantitative estimate of drug-likeness (QED) is 0.853. The third-order valence-electron chi connectivity index (χ3n) is 2.34. The van der Waals surface area contributed by atoms with Gasteiger partial charge in [-0.05, 0) is 24.7 Å². The highest BCUT2D eigenvalue weighted by molar-refractivity contribution is 5.21. The number of nitrogens with zero attached hydrogens (tertiary/aromatic N) is 1. The molecule has 0 saturated heterocycles. The van der Waals surface area contributed by atoms with Gasteiger partial charge < -0.3 is 10.3 Å². The van der Waals surface area contributed by atoms with Gasteiger partial charge in [0, 0.05) is 30.9 Å². The first-order chi connectivity index (χ1) is 8.17. The van der Waals surface area contributed by atoms with Gasteiger partial charge in [0.15, 0.2) is 0 Å². The Hall–Kier alpha value is -1.75. The van der Waals surface area contributed by atoms with Crippen molar-refractivity contribution in [3.8, 4) is 0 Å². The van der Waals surface area contributed by atoms with Crippen LogP contribution < -0.4 is 5.32 Å². The van der Waals surface area contributed by atoms with Gasteiger partial charge in [-0.15, -0.1) is 0 Å². The zero-order chi connectivity index (χ0) is 12.3. The Kier molecular flexibility index (Phi) is 3.49. The van der Waals surface area contributed by atoms with Crippen LogP contribution in [0.1, 0.15) is 17.1 Å². The largest absolute Gasteiger partial charge is 0.345 e. The predicted molar refractivity (Wildman–Crippen MR) is 60.5 cm³/mol. The van der Waals surface area contributed by atoms with Crippen molar-refractivity contribution in [3.63, 3.8) is 0 Å². The second-order valence-corrected chi connectivity index (χ2v) is 3.84. The minimum atomic E-state index is -0.568. The molecule has 17 heavy (non-hydrogen) atoms. The highest BCUT2D eigenvalue weighted by Crippen LogP contribution is 2.11. The van der Waals surface area contributed by atoms with E-state index >= 15 is 0 Å². The highest BCUT2D eigenvalue weighted by Gasteiger charge is 2.05. The van der Waals surface area contributed by atoms with E-state index < -0.39 is 11.6 Å². The first-order valence-corrected chi connectivity index (χ1v) is 5.29. The van der Waals surface area contributed by atoms with Gasteiger partial charge in [-0.3, -0.25) is 0 Å². The Bertz CT molecular complexity index is 488. The minimum Gasteiger partial charge on any atom is -0.345 e. The number of hydrogen-bond donors (Lipinski definition) is 2. The molecular weight excluding hydrogens is 224 g/mol. The van der Waals surface area contributed by atoms with E-state index in [9.17, 15) is 8.78 Å². The van der Waals surface area contributed by atoms with E-state index in [0.29, 0.717) is 24.4 Å². The number of aromatic nitrogens is 2. The average Bonchev–Trinajstić information content (AvgIpc) is 2.64. The van der Waals surface area contributed by atoms with Crippen LogP contribution in [0.25, 0.3) is 0 Å². The van der Waals surface area contributed by atoms with Gasteiger partial charge in [0.2, 0.25) is 0 Å². The van der Waals surface area contributed by atoms with E-state index in [4.69, 9.17) is 0 Å². The number of hydrogen-bond acceptors (Lipinski definition) is 2. The minimum absolute atomic E-state index is 0.387. The summed E-state index contributed by atoms with van der Waals surface area (Å²) in [4.78, 5) is 7.23. The van der Waals surface area contributed by atoms with E-state index in [1.54, 1.807) is 6.20 Å². The molecule has 3 nitrogen and oxygen atoms in total. The first-order valence-electron chi connectivity index (χ1n) is 5.29. The Morgan fingerprint density at radius 2 is 1.94 bits per heavy atom. The normalized spacial score (nSPS) is 10.8. The summed E-state index contributed by atoms with van der Waals surface area (Å²) in [5, 5.41) is 2.99. The number of halogens is 2. The molecule has 0 spiro atoms. The number of imidazole rings is 1. The Morgan fingerprint density at radius 1 is 1.24 bits per heavy atom. The molecule has 0 aliphatic rings. The summed E-state index contributed by atoms with van der Waals surface area (Å²) in [6, 6.07) is 3.48. The van der Waals surface area contributed by atoms with Gasteiger partial charge in [0.05, 0.1) is 0 Å². The zero-order valence-electron chi connectivity index (χ0n) is 9.43. The molecular formula is C12H13F2N3. The molecule has 90 valence electrons. The molecule has 0 saturated carbocycles. The number of rotatable bonds is 4. The highest BCUT2D eigenvalue weighted by atomic mass is 19.1. The lowest BCUT2D eigenvalue weighted by Crippen LogP contribution is -2.05. The van der Waals surface area contributed by atoms with Crippen LogP contribution in [0.5, 0.6) is 0 Å². The van der Waals surface area contributed by atoms with Gasteiger partial charge in [-0.1, -0.05) is 0 Å². The maximum atomic E-state index is 13.0. The fraction of sp³-hybridized carbons (Fsp3) is 0.250. The molecule has 0 radical (unpaired) electrons. The van der Waals surface area contributed by atoms with Crippen molar-refractivity contribution in [3.05, 3.63) is 53.1 Å². The van der Waals surface area contributed by atoms with E-state index in [-0.39, 0.29) is 0 Å². The molecule has 2 aromatic rings. The van der Waals surface area contributed by atoms with Crippen molar-refractivity contribution in [2.45, 2.75) is 13.0 Å². The molecule has 0 atom stereocenters. The van der Waals surface area contributed by atoms with Crippen LogP contribution in [0.4, 0.5) is 8.78 Å². The summed E-state index contributed by atoms with van der Waals surface area (Å²) in [5.41, 5.74) is 1.51. The van der Waals surface area contributed by atoms with Gasteiger partial charge in [0.25, 0.3) is 0 Å². The average molecular weight is 237 g/mol. The fourth-order valence-electron chi connectivity index (χ4n) is 1.68. The molecule has 0 unspecified atom stereocenters. The summed E-state index contributed by atoms with van der Waals surface area (Å²) in [5.74, 6) is -0.441. The third kappa shape index (κ3) is 3.10. The summed E-state index contributed by atoms with van der Waals surface area (Å²) >= 11 is 0. The maximum Gasteiger partial charge on any atom is 0.126 e. The maximum absolute atomic E-state index is 13.0. The topological polar surface area (TPSA) is 40.7 Å². The van der Waals surface area contributed by atoms with Crippen molar-refractivity contribution >= 4 is 0 Å². The molecule has 0 amide bonds. The standard InChI is InChI=1S/C12H13F2N3/c1-15-6-11-7-16-12(17-11)4-8-2-9(13)5-10(14)3-8/h2-3,5,7,15H,4,6H2,1H3,(H,16,17). The Morgan fingerprint density at radius 3 is 2.59 bits per heavy atom. The van der Waals surface area contributed by atoms with Crippen LogP contribution in [0, 0.1) is 11.6 Å². The predicted octanol–water partition coefficient (Wildman–Crippen LogP) is 2.00. The van der Waals surface area contributed by atoms with E-state index in [0.717, 1.165) is 11.8 Å². The lowest BCUT2D eigenvalue weighted by atomic mass is 10.1. The molecule has 0 fully saturated rings. The summed E-state index contributed by atoms with van der Waals surface area (Å²) in [6.45, 7) is 0.685. The summed E-state index contributed by atoms with van der Waals surface area (Å²) in [7, 11) is 1.84. The SMILES string of the molecule is CNCc1cnc(Cc2cc(F)cc(F)c2)[nH]1.